The molecule has 44 heavy (non-hydrogen) atoms. The summed E-state index contributed by atoms with van der Waals surface area (Å²) in [6.45, 7) is 6.74. The van der Waals surface area contributed by atoms with Crippen LogP contribution in [0.3, 0.4) is 0 Å². The maximum Gasteiger partial charge on any atom is 1.00 e. The van der Waals surface area contributed by atoms with Crippen molar-refractivity contribution >= 4 is 57.9 Å². The summed E-state index contributed by atoms with van der Waals surface area (Å²) >= 11 is 1.87. The normalized spacial score (nSPS) is 14.2. The number of anilines is 1. The Morgan fingerprint density at radius 2 is 1.70 bits per heavy atom. The molecule has 9 nitrogen and oxygen atoms in total. The predicted molar refractivity (Wildman–Crippen MR) is 166 cm³/mol. The van der Waals surface area contributed by atoms with Crippen LogP contribution in [0.25, 0.3) is 10.8 Å². The van der Waals surface area contributed by atoms with Gasteiger partial charge in [0.15, 0.2) is 5.71 Å². The van der Waals surface area contributed by atoms with Crippen molar-refractivity contribution in [3.8, 4) is 0 Å². The van der Waals surface area contributed by atoms with Gasteiger partial charge in [0.05, 0.1) is 17.5 Å². The quantitative estimate of drug-likeness (QED) is 0.0463. The molecule has 0 aromatic heterocycles. The van der Waals surface area contributed by atoms with E-state index in [9.17, 15) is 15.3 Å². The molecule has 1 aliphatic rings. The van der Waals surface area contributed by atoms with Crippen LogP contribution in [0.1, 0.15) is 39.2 Å². The Bertz CT molecular complexity index is 1530. The largest absolute Gasteiger partial charge is 1.00 e. The van der Waals surface area contributed by atoms with Crippen molar-refractivity contribution in [3.05, 3.63) is 103 Å². The number of carbonyl (C=O) groups is 1. The molecule has 0 bridgehead atoms. The molecule has 3 aromatic rings. The van der Waals surface area contributed by atoms with E-state index in [-0.39, 0.29) is 62.7 Å². The van der Waals surface area contributed by atoms with Crippen LogP contribution in [0.2, 0.25) is 0 Å². The van der Waals surface area contributed by atoms with E-state index < -0.39 is 0 Å². The fourth-order valence-electron chi connectivity index (χ4n) is 5.27. The summed E-state index contributed by atoms with van der Waals surface area (Å²) in [5.74, 6) is 0.568. The molecule has 226 valence electrons. The molecular weight excluding hydrogens is 628 g/mol. The van der Waals surface area contributed by atoms with Crippen LogP contribution in [0, 0.1) is 0 Å². The molecule has 1 heterocycles. The minimum atomic E-state index is -0.314. The van der Waals surface area contributed by atoms with Crippen LogP contribution in [-0.2, 0) is 29.0 Å². The van der Waals surface area contributed by atoms with Gasteiger partial charge in [0.2, 0.25) is 11.6 Å². The van der Waals surface area contributed by atoms with E-state index in [0.717, 1.165) is 76.2 Å². The molecule has 1 amide bonds. The van der Waals surface area contributed by atoms with Crippen LogP contribution >= 0.6 is 24.1 Å². The van der Waals surface area contributed by atoms with Gasteiger partial charge in [-0.05, 0) is 67.4 Å². The number of allylic oxidation sites excluding steroid dienone is 5. The van der Waals surface area contributed by atoms with Crippen LogP contribution in [-0.4, -0.2) is 28.5 Å². The van der Waals surface area contributed by atoms with Crippen molar-refractivity contribution in [2.75, 3.05) is 17.2 Å². The summed E-state index contributed by atoms with van der Waals surface area (Å²) < 4.78 is 11.2. The number of carbonyl (C=O) groups excluding carboxylic acids is 1. The Kier molecular flexibility index (Phi) is 15.5. The Morgan fingerprint density at radius 3 is 2.43 bits per heavy atom. The van der Waals surface area contributed by atoms with Gasteiger partial charge in [-0.25, -0.2) is 0 Å². The number of para-hydroxylation sites is 1. The number of unbranched alkanes of at least 4 members (excludes halogenated alkanes) is 1. The number of hydrogen-bond acceptors (Lipinski definition) is 9. The van der Waals surface area contributed by atoms with Gasteiger partial charge in [0.1, 0.15) is 6.54 Å². The second-order valence-corrected chi connectivity index (χ2v) is 11.8. The van der Waals surface area contributed by atoms with Gasteiger partial charge in [-0.2, -0.15) is 13.2 Å². The molecule has 0 atom stereocenters. The van der Waals surface area contributed by atoms with Gasteiger partial charge in [-0.3, -0.25) is 19.8 Å². The van der Waals surface area contributed by atoms with Crippen molar-refractivity contribution in [2.45, 2.75) is 43.9 Å². The van der Waals surface area contributed by atoms with Gasteiger partial charge >= 0.3 is 51.4 Å². The summed E-state index contributed by atoms with van der Waals surface area (Å²) in [5, 5.41) is 29.4. The maximum absolute atomic E-state index is 12.1. The second kappa shape index (κ2) is 18.5. The van der Waals surface area contributed by atoms with Crippen LogP contribution in [0.5, 0.6) is 0 Å². The Hall–Kier alpha value is -1.62. The molecule has 0 fully saturated rings. The van der Waals surface area contributed by atoms with Crippen molar-refractivity contribution in [3.63, 3.8) is 0 Å². The zero-order valence-corrected chi connectivity index (χ0v) is 29.9. The second-order valence-electron chi connectivity index (χ2n) is 10.2. The van der Waals surface area contributed by atoms with Crippen LogP contribution in [0.15, 0.2) is 102 Å². The van der Waals surface area contributed by atoms with Gasteiger partial charge < -0.3 is 10.5 Å². The van der Waals surface area contributed by atoms with Gasteiger partial charge in [0.25, 0.3) is 0 Å². The predicted octanol–water partition coefficient (Wildman–Crippen LogP) is 2.78. The molecule has 3 aromatic carbocycles. The Balaban J connectivity index is 0.00000529. The van der Waals surface area contributed by atoms with Crippen LogP contribution < -0.4 is 66.8 Å². The van der Waals surface area contributed by atoms with Gasteiger partial charge in [-0.15, -0.1) is 0 Å². The number of hydrogen-bond donors (Lipinski definition) is 0. The SMILES string of the molecule is CC(=O)N(/C=C/C=C/C=C/C1=[N+](CCCCSOO[O-])c2ccc3cc(SOO[O-])ccc3c2C1(C)C)c1ccccc1.[K+]. The van der Waals surface area contributed by atoms with E-state index in [1.165, 1.54) is 12.5 Å². The molecule has 1 aliphatic heterocycles. The van der Waals surface area contributed by atoms with E-state index in [2.05, 4.69) is 55.4 Å². The zero-order chi connectivity index (χ0) is 30.7. The van der Waals surface area contributed by atoms with E-state index in [1.54, 1.807) is 11.1 Å². The third-order valence-corrected chi connectivity index (χ3v) is 8.28. The van der Waals surface area contributed by atoms with Crippen molar-refractivity contribution in [2.24, 2.45) is 0 Å². The molecule has 0 aliphatic carbocycles. The van der Waals surface area contributed by atoms with Gasteiger partial charge in [-0.1, -0.05) is 42.5 Å². The molecular formula is C32H33KN2O7S2. The number of rotatable bonds is 15. The minimum Gasteiger partial charge on any atom is -0.691 e. The molecule has 4 rings (SSSR count). The molecule has 12 heteroatoms. The molecule has 0 radical (unpaired) electrons. The molecule has 0 unspecified atom stereocenters. The first-order valence-electron chi connectivity index (χ1n) is 13.7. The van der Waals surface area contributed by atoms with E-state index >= 15 is 0 Å². The van der Waals surface area contributed by atoms with E-state index in [1.807, 2.05) is 72.8 Å². The molecule has 0 saturated carbocycles. The Labute approximate surface area is 308 Å². The van der Waals surface area contributed by atoms with Gasteiger partial charge in [0, 0.05) is 65.6 Å². The first-order chi connectivity index (χ1) is 20.9. The standard InChI is InChI=1S/C32H34N2O7S2.K/c1-24(35)33(26-13-7-6-8-14-26)20-10-5-4-9-15-30-32(2,3)31-28-18-17-27(43-41-39-37)23-25(28)16-19-29(31)34(30)21-11-12-22-42-40-38-36;/h4-10,13-20,23H,11-12,21-22H2,1-3H3,(H-,36,37);/q;+1/p-1. The minimum absolute atomic E-state index is 0. The third-order valence-electron chi connectivity index (χ3n) is 7.11. The number of nitrogens with zero attached hydrogens (tertiary/aromatic N) is 2. The third kappa shape index (κ3) is 9.45. The maximum atomic E-state index is 12.1. The summed E-state index contributed by atoms with van der Waals surface area (Å²) in [5.41, 5.74) is 3.98. The summed E-state index contributed by atoms with van der Waals surface area (Å²) in [7, 11) is 0. The zero-order valence-electron chi connectivity index (χ0n) is 25.1. The average Bonchev–Trinajstić information content (AvgIpc) is 3.22. The fraction of sp³-hybridized carbons (Fsp3) is 0.250. The van der Waals surface area contributed by atoms with Crippen molar-refractivity contribution in [1.82, 2.24) is 0 Å². The first-order valence-corrected chi connectivity index (χ1v) is 15.3. The topological polar surface area (TPSA) is 106 Å². The van der Waals surface area contributed by atoms with E-state index in [0.29, 0.717) is 5.75 Å². The average molecular weight is 661 g/mol. The summed E-state index contributed by atoms with van der Waals surface area (Å²) in [6, 6.07) is 19.6. The monoisotopic (exact) mass is 660 g/mol. The molecule has 0 spiro atoms. The van der Waals surface area contributed by atoms with Crippen molar-refractivity contribution < 1.29 is 90.0 Å². The number of benzene rings is 3. The summed E-state index contributed by atoms with van der Waals surface area (Å²) in [4.78, 5) is 14.5. The first kappa shape index (κ1) is 36.8. The molecule has 0 saturated heterocycles. The number of fused-ring (bicyclic) bond motifs is 3. The summed E-state index contributed by atoms with van der Waals surface area (Å²) in [6.07, 6.45) is 13.3. The number of amides is 1. The smallest absolute Gasteiger partial charge is 0.691 e. The Morgan fingerprint density at radius 1 is 0.955 bits per heavy atom. The van der Waals surface area contributed by atoms with E-state index in [4.69, 9.17) is 0 Å². The molecule has 0 N–H and O–H groups in total. The van der Waals surface area contributed by atoms with Crippen LogP contribution in [0.4, 0.5) is 11.4 Å². The van der Waals surface area contributed by atoms with Crippen molar-refractivity contribution in [1.29, 1.82) is 0 Å². The fourth-order valence-corrected chi connectivity index (χ4v) is 6.11.